The Balaban J connectivity index is 2.46. The van der Waals surface area contributed by atoms with Crippen LogP contribution in [0.1, 0.15) is 19.8 Å². The Kier molecular flexibility index (Phi) is 3.10. The fourth-order valence-electron chi connectivity index (χ4n) is 2.07. The summed E-state index contributed by atoms with van der Waals surface area (Å²) in [5, 5.41) is 2.50. The molecule has 0 saturated heterocycles. The van der Waals surface area contributed by atoms with Gasteiger partial charge in [0.25, 0.3) is 0 Å². The summed E-state index contributed by atoms with van der Waals surface area (Å²) in [5.41, 5.74) is 10.0. The van der Waals surface area contributed by atoms with E-state index in [-0.39, 0.29) is 12.5 Å². The zero-order valence-corrected chi connectivity index (χ0v) is 8.38. The SMILES string of the molecule is CC1CC(CN)(C(=O)NCC(N)=O)C1. The molecule has 2 amide bonds. The van der Waals surface area contributed by atoms with Crippen LogP contribution in [0.2, 0.25) is 0 Å². The van der Waals surface area contributed by atoms with Crippen molar-refractivity contribution in [1.29, 1.82) is 0 Å². The van der Waals surface area contributed by atoms with Crippen molar-refractivity contribution in [3.63, 3.8) is 0 Å². The van der Waals surface area contributed by atoms with Gasteiger partial charge < -0.3 is 16.8 Å². The van der Waals surface area contributed by atoms with E-state index in [1.54, 1.807) is 0 Å². The number of carbonyl (C=O) groups is 2. The predicted octanol–water partition coefficient (Wildman–Crippen LogP) is -1.04. The van der Waals surface area contributed by atoms with Gasteiger partial charge in [-0.1, -0.05) is 6.92 Å². The standard InChI is InChI=1S/C9H17N3O2/c1-6-2-9(3-6,5-10)8(14)12-4-7(11)13/h6H,2-5,10H2,1H3,(H2,11,13)(H,12,14). The molecule has 5 heteroatoms. The van der Waals surface area contributed by atoms with Crippen LogP contribution < -0.4 is 16.8 Å². The lowest BCUT2D eigenvalue weighted by Gasteiger charge is -2.44. The number of nitrogens with two attached hydrogens (primary N) is 2. The first kappa shape index (κ1) is 11.0. The van der Waals surface area contributed by atoms with Crippen LogP contribution in [-0.4, -0.2) is 24.9 Å². The summed E-state index contributed by atoms with van der Waals surface area (Å²) in [7, 11) is 0. The highest BCUT2D eigenvalue weighted by atomic mass is 16.2. The summed E-state index contributed by atoms with van der Waals surface area (Å²) >= 11 is 0. The molecule has 0 heterocycles. The number of carbonyl (C=O) groups excluding carboxylic acids is 2. The minimum atomic E-state index is -0.530. The molecular formula is C9H17N3O2. The van der Waals surface area contributed by atoms with E-state index in [2.05, 4.69) is 12.2 Å². The van der Waals surface area contributed by atoms with E-state index in [0.717, 1.165) is 12.8 Å². The predicted molar refractivity (Wildman–Crippen MR) is 52.1 cm³/mol. The molecule has 1 fully saturated rings. The number of primary amides is 1. The molecule has 0 radical (unpaired) electrons. The summed E-state index contributed by atoms with van der Waals surface area (Å²) in [4.78, 5) is 22.1. The monoisotopic (exact) mass is 199 g/mol. The molecule has 0 atom stereocenters. The molecule has 1 saturated carbocycles. The van der Waals surface area contributed by atoms with Crippen molar-refractivity contribution in [1.82, 2.24) is 5.32 Å². The van der Waals surface area contributed by atoms with Gasteiger partial charge in [-0.15, -0.1) is 0 Å². The normalized spacial score (nSPS) is 30.6. The Labute approximate surface area is 83.2 Å². The minimum absolute atomic E-state index is 0.102. The van der Waals surface area contributed by atoms with Crippen LogP contribution in [0.15, 0.2) is 0 Å². The molecule has 0 aromatic carbocycles. The lowest BCUT2D eigenvalue weighted by Crippen LogP contribution is -2.54. The van der Waals surface area contributed by atoms with Gasteiger partial charge in [0.1, 0.15) is 0 Å². The van der Waals surface area contributed by atoms with E-state index < -0.39 is 11.3 Å². The molecule has 5 nitrogen and oxygen atoms in total. The molecule has 0 aliphatic heterocycles. The summed E-state index contributed by atoms with van der Waals surface area (Å²) < 4.78 is 0. The molecule has 80 valence electrons. The Morgan fingerprint density at radius 2 is 2.07 bits per heavy atom. The van der Waals surface area contributed by atoms with Gasteiger partial charge in [-0.25, -0.2) is 0 Å². The molecule has 1 aliphatic rings. The third-order valence-corrected chi connectivity index (χ3v) is 2.77. The van der Waals surface area contributed by atoms with Crippen molar-refractivity contribution >= 4 is 11.8 Å². The van der Waals surface area contributed by atoms with E-state index in [9.17, 15) is 9.59 Å². The number of amides is 2. The maximum Gasteiger partial charge on any atom is 0.236 e. The molecule has 0 aromatic heterocycles. The second kappa shape index (κ2) is 3.96. The lowest BCUT2D eigenvalue weighted by molar-refractivity contribution is -0.139. The quantitative estimate of drug-likeness (QED) is 0.539. The number of nitrogens with one attached hydrogen (secondary N) is 1. The Bertz CT molecular complexity index is 246. The van der Waals surface area contributed by atoms with Crippen molar-refractivity contribution in [3.8, 4) is 0 Å². The van der Waals surface area contributed by atoms with Crippen LogP contribution in [0.4, 0.5) is 0 Å². The van der Waals surface area contributed by atoms with Gasteiger partial charge in [-0.2, -0.15) is 0 Å². The highest BCUT2D eigenvalue weighted by Gasteiger charge is 2.46. The first-order chi connectivity index (χ1) is 6.50. The summed E-state index contributed by atoms with van der Waals surface area (Å²) in [6.45, 7) is 2.31. The van der Waals surface area contributed by atoms with E-state index in [1.807, 2.05) is 0 Å². The fourth-order valence-corrected chi connectivity index (χ4v) is 2.07. The number of hydrogen-bond acceptors (Lipinski definition) is 3. The van der Waals surface area contributed by atoms with E-state index >= 15 is 0 Å². The third-order valence-electron chi connectivity index (χ3n) is 2.77. The van der Waals surface area contributed by atoms with E-state index in [1.165, 1.54) is 0 Å². The van der Waals surface area contributed by atoms with Gasteiger partial charge in [0.2, 0.25) is 11.8 Å². The Morgan fingerprint density at radius 3 is 2.43 bits per heavy atom. The van der Waals surface area contributed by atoms with Crippen molar-refractivity contribution in [2.24, 2.45) is 22.8 Å². The van der Waals surface area contributed by atoms with Crippen LogP contribution in [0.5, 0.6) is 0 Å². The molecular weight excluding hydrogens is 182 g/mol. The van der Waals surface area contributed by atoms with Crippen LogP contribution in [-0.2, 0) is 9.59 Å². The molecule has 5 N–H and O–H groups in total. The first-order valence-corrected chi connectivity index (χ1v) is 4.77. The molecule has 14 heavy (non-hydrogen) atoms. The van der Waals surface area contributed by atoms with E-state index in [4.69, 9.17) is 11.5 Å². The van der Waals surface area contributed by atoms with Gasteiger partial charge in [0.05, 0.1) is 12.0 Å². The topological polar surface area (TPSA) is 98.2 Å². The number of hydrogen-bond donors (Lipinski definition) is 3. The van der Waals surface area contributed by atoms with Crippen molar-refractivity contribution in [2.45, 2.75) is 19.8 Å². The smallest absolute Gasteiger partial charge is 0.236 e. The van der Waals surface area contributed by atoms with Crippen LogP contribution in [0, 0.1) is 11.3 Å². The zero-order valence-electron chi connectivity index (χ0n) is 8.38. The molecule has 0 unspecified atom stereocenters. The maximum atomic E-state index is 11.6. The molecule has 0 aromatic rings. The summed E-state index contributed by atoms with van der Waals surface area (Å²) in [6.07, 6.45) is 1.60. The fraction of sp³-hybridized carbons (Fsp3) is 0.778. The second-order valence-corrected chi connectivity index (χ2v) is 4.15. The van der Waals surface area contributed by atoms with E-state index in [0.29, 0.717) is 12.5 Å². The second-order valence-electron chi connectivity index (χ2n) is 4.15. The molecule has 1 aliphatic carbocycles. The van der Waals surface area contributed by atoms with Crippen LogP contribution in [0.3, 0.4) is 0 Å². The molecule has 0 spiro atoms. The summed E-state index contributed by atoms with van der Waals surface area (Å²) in [6, 6.07) is 0. The first-order valence-electron chi connectivity index (χ1n) is 4.77. The van der Waals surface area contributed by atoms with Crippen LogP contribution >= 0.6 is 0 Å². The maximum absolute atomic E-state index is 11.6. The Hall–Kier alpha value is -1.10. The van der Waals surface area contributed by atoms with Gasteiger partial charge in [-0.3, -0.25) is 9.59 Å². The zero-order chi connectivity index (χ0) is 10.8. The van der Waals surface area contributed by atoms with Gasteiger partial charge in [0, 0.05) is 6.54 Å². The third kappa shape index (κ3) is 2.04. The average molecular weight is 199 g/mol. The summed E-state index contributed by atoms with van der Waals surface area (Å²) in [5.74, 6) is -0.132. The van der Waals surface area contributed by atoms with Crippen molar-refractivity contribution in [2.75, 3.05) is 13.1 Å². The lowest BCUT2D eigenvalue weighted by atomic mass is 9.62. The average Bonchev–Trinajstić information content (AvgIpc) is 2.08. The highest BCUT2D eigenvalue weighted by molar-refractivity contribution is 5.88. The van der Waals surface area contributed by atoms with Crippen LogP contribution in [0.25, 0.3) is 0 Å². The number of rotatable bonds is 4. The van der Waals surface area contributed by atoms with Gasteiger partial charge in [0.15, 0.2) is 0 Å². The van der Waals surface area contributed by atoms with Crippen molar-refractivity contribution in [3.05, 3.63) is 0 Å². The largest absolute Gasteiger partial charge is 0.368 e. The van der Waals surface area contributed by atoms with Crippen molar-refractivity contribution < 1.29 is 9.59 Å². The molecule has 0 bridgehead atoms. The van der Waals surface area contributed by atoms with Gasteiger partial charge in [-0.05, 0) is 18.8 Å². The molecule has 1 rings (SSSR count). The minimum Gasteiger partial charge on any atom is -0.368 e. The Morgan fingerprint density at radius 1 is 1.50 bits per heavy atom. The highest BCUT2D eigenvalue weighted by Crippen LogP contribution is 2.44. The van der Waals surface area contributed by atoms with Gasteiger partial charge >= 0.3 is 0 Å².